The first-order valence-electron chi connectivity index (χ1n) is 25.0. The number of nitrogens with zero attached hydrogens (tertiary/aromatic N) is 4. The number of anilines is 8. The zero-order valence-corrected chi connectivity index (χ0v) is 42.7. The number of hydrogen-bond donors (Lipinski definition) is 0. The summed E-state index contributed by atoms with van der Waals surface area (Å²) in [6.07, 6.45) is 8.91. The van der Waals surface area contributed by atoms with Crippen molar-refractivity contribution < 1.29 is 22.4 Å². The molecule has 9 aliphatic heterocycles. The number of benzene rings is 10. The average molecular weight is 1130 g/mol. The van der Waals surface area contributed by atoms with Gasteiger partial charge in [-0.25, -0.2) is 0 Å². The van der Waals surface area contributed by atoms with E-state index in [0.29, 0.717) is 11.5 Å². The molecule has 0 spiro atoms. The van der Waals surface area contributed by atoms with Crippen LogP contribution in [0.15, 0.2) is 206 Å². The molecule has 0 saturated carbocycles. The van der Waals surface area contributed by atoms with Crippen LogP contribution in [0.5, 0.6) is 11.5 Å². The third-order valence-corrected chi connectivity index (χ3v) is 17.6. The molecule has 0 radical (unpaired) electrons. The second-order valence-corrected chi connectivity index (χ2v) is 22.0. The summed E-state index contributed by atoms with van der Waals surface area (Å²) in [7, 11) is 0. The molecular formula is C68H44N4OPt-2. The van der Waals surface area contributed by atoms with Crippen LogP contribution in [-0.4, -0.2) is 8.29 Å². The monoisotopic (exact) mass is 1130 g/mol. The van der Waals surface area contributed by atoms with Gasteiger partial charge in [0.15, 0.2) is 0 Å². The number of para-hydroxylation sites is 4. The van der Waals surface area contributed by atoms with Crippen LogP contribution in [0.25, 0.3) is 68.8 Å². The van der Waals surface area contributed by atoms with E-state index in [1.54, 1.807) is 0 Å². The summed E-state index contributed by atoms with van der Waals surface area (Å²) < 4.78 is 9.10. The van der Waals surface area contributed by atoms with Crippen LogP contribution >= 0.6 is 0 Å². The van der Waals surface area contributed by atoms with Crippen LogP contribution in [0.1, 0.15) is 33.4 Å². The van der Waals surface area contributed by atoms with E-state index >= 15 is 0 Å². The molecule has 9 heterocycles. The molecule has 10 aromatic rings. The quantitative estimate of drug-likeness (QED) is 0.141. The fourth-order valence-corrected chi connectivity index (χ4v) is 14.7. The van der Waals surface area contributed by atoms with Gasteiger partial charge in [-0.3, -0.25) is 0 Å². The van der Waals surface area contributed by atoms with Crippen LogP contribution in [0.2, 0.25) is 0 Å². The van der Waals surface area contributed by atoms with Gasteiger partial charge in [-0.1, -0.05) is 0 Å². The standard InChI is InChI=1S/C68H44N4O.Pt/c1-45-37-59-51-29-21-47(22-30-51)17-19-49-25-33-53(34-26-49)61-39-46(2)40-62-54-35-27-50(28-36-54)20-18-48-23-31-52(32-24-48)60(38-45)67(59)71-43-69(63-13-3-5-15-65(63)71)55-9-7-11-57(41-55)73-58-12-8-10-56(42-58)70-44-72(68(61)62)66-16-6-4-14-64(66)70;/h3-40H,1-2H3;/q-2;. The van der Waals surface area contributed by atoms with Crippen LogP contribution in [0, 0.1) is 26.0 Å². The summed E-state index contributed by atoms with van der Waals surface area (Å²) >= 11 is -1.26. The fourth-order valence-electron chi connectivity index (χ4n) is 11.1. The first-order valence-corrected chi connectivity index (χ1v) is 27.2. The Kier molecular flexibility index (Phi) is 9.73. The van der Waals surface area contributed by atoms with Crippen molar-refractivity contribution >= 4 is 78.1 Å². The molecule has 10 aromatic carbocycles. The Labute approximate surface area is 439 Å². The zero-order valence-electron chi connectivity index (χ0n) is 40.5. The first-order chi connectivity index (χ1) is 36.5. The van der Waals surface area contributed by atoms with Crippen LogP contribution < -0.4 is 24.3 Å². The van der Waals surface area contributed by atoms with E-state index in [1.165, 1.54) is 11.1 Å². The molecule has 0 saturated heterocycles. The Bertz CT molecular complexity index is 3700. The summed E-state index contributed by atoms with van der Waals surface area (Å²) in [6, 6.07) is 83.8. The minimum absolute atomic E-state index is 0.624. The third-order valence-electron chi connectivity index (χ3n) is 14.5. The average Bonchev–Trinajstić information content (AvgIpc) is 3.94. The Morgan fingerprint density at radius 2 is 0.649 bits per heavy atom. The fraction of sp³-hybridized carbons (Fsp3) is 0.0294. The molecule has 0 amide bonds. The summed E-state index contributed by atoms with van der Waals surface area (Å²) in [4.78, 5) is 10.1. The Morgan fingerprint density at radius 1 is 0.338 bits per heavy atom. The summed E-state index contributed by atoms with van der Waals surface area (Å²) in [6.45, 7) is 4.46. The molecule has 16 bridgehead atoms. The molecule has 0 atom stereocenters. The van der Waals surface area contributed by atoms with Gasteiger partial charge in [0.2, 0.25) is 0 Å². The predicted octanol–water partition coefficient (Wildman–Crippen LogP) is 17.2. The number of rotatable bonds is 0. The Balaban J connectivity index is 1.19. The van der Waals surface area contributed by atoms with E-state index in [-0.39, 0.29) is 0 Å². The summed E-state index contributed by atoms with van der Waals surface area (Å²) in [5, 5.41) is 0. The van der Waals surface area contributed by atoms with Crippen molar-refractivity contribution in [3.8, 4) is 56.0 Å². The van der Waals surface area contributed by atoms with E-state index in [1.807, 2.05) is 12.1 Å². The SMILES string of the molecule is Cc1cc2c3c(c1)-c1ccc(cc1)C=Cc1ccc(cc1)-c1cc(C)cc(c1N1[C]4=[Pt]=[C]5N(c6[c-]c(ccc6)Oc6[c-]c(ccc6)N4c4ccccc41)c1ccccc1N53)-c1ccc(cc1)C=Cc1ccc-2cc1. The predicted molar refractivity (Wildman–Crippen MR) is 304 cm³/mol. The molecule has 0 N–H and O–H groups in total. The molecule has 0 aliphatic carbocycles. The molecule has 354 valence electrons. The second-order valence-electron chi connectivity index (χ2n) is 19.4. The Morgan fingerprint density at radius 3 is 0.973 bits per heavy atom. The summed E-state index contributed by atoms with van der Waals surface area (Å²) in [5.41, 5.74) is 24.5. The van der Waals surface area contributed by atoms with Gasteiger partial charge in [0.05, 0.1) is 0 Å². The van der Waals surface area contributed by atoms with Gasteiger partial charge in [-0.15, -0.1) is 0 Å². The van der Waals surface area contributed by atoms with E-state index < -0.39 is 17.6 Å². The molecule has 9 aliphatic rings. The Hall–Kier alpha value is -8.89. The minimum atomic E-state index is -1.26. The molecule has 6 heteroatoms. The molecule has 19 rings (SSSR count). The van der Waals surface area contributed by atoms with Gasteiger partial charge < -0.3 is 0 Å². The van der Waals surface area contributed by atoms with Gasteiger partial charge >= 0.3 is 442 Å². The first kappa shape index (κ1) is 42.8. The van der Waals surface area contributed by atoms with Gasteiger partial charge in [-0.2, -0.15) is 0 Å². The van der Waals surface area contributed by atoms with Crippen molar-refractivity contribution in [3.05, 3.63) is 252 Å². The number of aryl methyl sites for hydroxylation is 2. The summed E-state index contributed by atoms with van der Waals surface area (Å²) in [5.74, 6) is 1.25. The van der Waals surface area contributed by atoms with E-state index in [0.717, 1.165) is 121 Å². The van der Waals surface area contributed by atoms with Crippen LogP contribution in [0.3, 0.4) is 0 Å². The van der Waals surface area contributed by atoms with Gasteiger partial charge in [0.25, 0.3) is 0 Å². The molecule has 5 nitrogen and oxygen atoms in total. The van der Waals surface area contributed by atoms with Gasteiger partial charge in [0, 0.05) is 0 Å². The maximum atomic E-state index is 6.80. The number of fused-ring (bicyclic) bond motifs is 14. The molecule has 0 aromatic heterocycles. The zero-order chi connectivity index (χ0) is 49.0. The normalized spacial score (nSPS) is 14.2. The van der Waals surface area contributed by atoms with Crippen molar-refractivity contribution in [2.45, 2.75) is 13.8 Å². The topological polar surface area (TPSA) is 22.2 Å². The van der Waals surface area contributed by atoms with Crippen molar-refractivity contribution in [3.63, 3.8) is 0 Å². The van der Waals surface area contributed by atoms with E-state index in [9.17, 15) is 0 Å². The molecule has 74 heavy (non-hydrogen) atoms. The number of ether oxygens (including phenoxy) is 1. The van der Waals surface area contributed by atoms with Crippen LogP contribution in [-0.2, 0) is 17.6 Å². The molecule has 0 unspecified atom stereocenters. The van der Waals surface area contributed by atoms with E-state index in [2.05, 4.69) is 264 Å². The molecule has 0 fully saturated rings. The molecular weight excluding hydrogens is 1080 g/mol. The van der Waals surface area contributed by atoms with Gasteiger partial charge in [-0.05, 0) is 0 Å². The van der Waals surface area contributed by atoms with Crippen molar-refractivity contribution in [1.82, 2.24) is 0 Å². The van der Waals surface area contributed by atoms with Crippen molar-refractivity contribution in [2.24, 2.45) is 0 Å². The number of hydrogen-bond acceptors (Lipinski definition) is 5. The second kappa shape index (κ2) is 16.8. The van der Waals surface area contributed by atoms with Crippen LogP contribution in [0.4, 0.5) is 45.5 Å². The van der Waals surface area contributed by atoms with E-state index in [4.69, 9.17) is 4.74 Å². The van der Waals surface area contributed by atoms with Crippen molar-refractivity contribution in [1.29, 1.82) is 0 Å². The third kappa shape index (κ3) is 6.95. The maximum absolute atomic E-state index is 6.80. The van der Waals surface area contributed by atoms with Crippen molar-refractivity contribution in [2.75, 3.05) is 19.6 Å². The van der Waals surface area contributed by atoms with Gasteiger partial charge in [0.1, 0.15) is 0 Å².